The molecule has 0 unspecified atom stereocenters. The van der Waals surface area contributed by atoms with Crippen LogP contribution in [0.1, 0.15) is 99.1 Å². The van der Waals surface area contributed by atoms with Gasteiger partial charge in [-0.2, -0.15) is 0 Å². The van der Waals surface area contributed by atoms with Gasteiger partial charge in [0, 0.05) is 0 Å². The molecule has 2 heterocycles. The zero-order valence-electron chi connectivity index (χ0n) is 23.2. The summed E-state index contributed by atoms with van der Waals surface area (Å²) < 4.78 is 34.3. The number of alkyl halides is 1. The molecule has 2 rings (SSSR count). The number of unbranched alkanes of at least 4 members (excludes halogenated alkanes) is 3. The molecule has 4 nitrogen and oxygen atoms in total. The van der Waals surface area contributed by atoms with E-state index in [1.54, 1.807) is 0 Å². The maximum absolute atomic E-state index is 15.3. The van der Waals surface area contributed by atoms with E-state index in [9.17, 15) is 9.18 Å². The molecule has 35 heavy (non-hydrogen) atoms. The molecule has 1 aliphatic rings. The van der Waals surface area contributed by atoms with Crippen LogP contribution < -0.4 is 8.90 Å². The predicted molar refractivity (Wildman–Crippen MR) is 145 cm³/mol. The third-order valence-electron chi connectivity index (χ3n) is 7.78. The van der Waals surface area contributed by atoms with Crippen LogP contribution in [0.5, 0.6) is 0 Å². The molecule has 1 saturated heterocycles. The van der Waals surface area contributed by atoms with Crippen molar-refractivity contribution in [3.63, 3.8) is 0 Å². The number of nitrogens with one attached hydrogen (secondary N) is 1. The summed E-state index contributed by atoms with van der Waals surface area (Å²) in [5.41, 5.74) is 0.403. The molecule has 1 fully saturated rings. The number of halogens is 2. The van der Waals surface area contributed by atoms with Gasteiger partial charge in [0.2, 0.25) is 0 Å². The molecular formula is C28H49F2N3OSn. The van der Waals surface area contributed by atoms with Gasteiger partial charge in [0.25, 0.3) is 0 Å². The molecule has 1 aliphatic heterocycles. The number of carbonyl (C=O) groups excluding carboxylic acids is 1. The quantitative estimate of drug-likeness (QED) is 0.264. The molecule has 0 bridgehead atoms. The molecule has 0 saturated carbocycles. The molecule has 0 aliphatic carbocycles. The molecule has 1 aromatic rings. The van der Waals surface area contributed by atoms with Crippen LogP contribution in [0.25, 0.3) is 0 Å². The van der Waals surface area contributed by atoms with Crippen LogP contribution in [0.2, 0.25) is 13.3 Å². The summed E-state index contributed by atoms with van der Waals surface area (Å²) in [6.07, 6.45) is 7.43. The number of amides is 1. The Labute approximate surface area is 216 Å². The minimum absolute atomic E-state index is 0.150. The third kappa shape index (κ3) is 7.86. The number of hydrogen-bond acceptors (Lipinski definition) is 3. The molecule has 0 aromatic carbocycles. The molecule has 0 radical (unpaired) electrons. The van der Waals surface area contributed by atoms with E-state index in [2.05, 4.69) is 31.1 Å². The Morgan fingerprint density at radius 3 is 2.14 bits per heavy atom. The molecule has 3 atom stereocenters. The van der Waals surface area contributed by atoms with Gasteiger partial charge >= 0.3 is 217 Å². The summed E-state index contributed by atoms with van der Waals surface area (Å²) in [4.78, 5) is 19.5. The second-order valence-electron chi connectivity index (χ2n) is 11.6. The first-order chi connectivity index (χ1) is 16.5. The molecule has 1 N–H and O–H groups in total. The number of hydrogen-bond donors (Lipinski definition) is 1. The van der Waals surface area contributed by atoms with Crippen molar-refractivity contribution in [2.24, 2.45) is 0 Å². The number of aromatic nitrogens is 1. The second-order valence-corrected chi connectivity index (χ2v) is 24.7. The van der Waals surface area contributed by atoms with E-state index in [-0.39, 0.29) is 36.3 Å². The summed E-state index contributed by atoms with van der Waals surface area (Å²) in [7, 11) is 0. The van der Waals surface area contributed by atoms with Gasteiger partial charge in [-0.25, -0.2) is 0 Å². The Morgan fingerprint density at radius 2 is 1.66 bits per heavy atom. The fourth-order valence-electron chi connectivity index (χ4n) is 5.90. The van der Waals surface area contributed by atoms with Crippen molar-refractivity contribution >= 4 is 27.9 Å². The van der Waals surface area contributed by atoms with Crippen molar-refractivity contribution in [1.29, 1.82) is 0 Å². The first-order valence-corrected chi connectivity index (χ1v) is 21.3. The van der Waals surface area contributed by atoms with Crippen LogP contribution in [0.15, 0.2) is 12.3 Å². The minimum atomic E-state index is -2.97. The Kier molecular flexibility index (Phi) is 11.9. The fraction of sp³-hybridized carbons (Fsp3) is 0.786. The maximum atomic E-state index is 15.3. The van der Waals surface area contributed by atoms with E-state index >= 15 is 4.39 Å². The monoisotopic (exact) mass is 601 g/mol. The van der Waals surface area contributed by atoms with Gasteiger partial charge in [0.15, 0.2) is 0 Å². The zero-order valence-corrected chi connectivity index (χ0v) is 26.1. The van der Waals surface area contributed by atoms with Gasteiger partial charge in [-0.05, 0) is 0 Å². The number of rotatable bonds is 13. The van der Waals surface area contributed by atoms with Crippen molar-refractivity contribution in [3.8, 4) is 0 Å². The summed E-state index contributed by atoms with van der Waals surface area (Å²) >= 11 is -2.97. The predicted octanol–water partition coefficient (Wildman–Crippen LogP) is 6.49. The number of pyridine rings is 1. The van der Waals surface area contributed by atoms with E-state index in [1.165, 1.54) is 19.5 Å². The van der Waals surface area contributed by atoms with Crippen LogP contribution in [-0.4, -0.2) is 58.0 Å². The summed E-state index contributed by atoms with van der Waals surface area (Å²) in [5, 5.41) is 3.00. The van der Waals surface area contributed by atoms with Crippen LogP contribution in [0, 0.1) is 5.82 Å². The Hall–Kier alpha value is -0.761. The summed E-state index contributed by atoms with van der Waals surface area (Å²) in [6, 6.07) is 1.17. The van der Waals surface area contributed by atoms with Crippen molar-refractivity contribution in [1.82, 2.24) is 15.2 Å². The summed E-state index contributed by atoms with van der Waals surface area (Å²) in [6.45, 7) is 14.8. The number of nitrogens with zero attached hydrogens (tertiary/aromatic N) is 2. The van der Waals surface area contributed by atoms with Gasteiger partial charge in [-0.15, -0.1) is 0 Å². The SMILES string of the molecule is CCC[CH2][Sn]([CH2]CCC)([CH2]CCC)[c]1cc(CNC(=O)[C@@H]2C[C@@H](F)[C@H](C)N2C(C)(C)C)ncc1F. The van der Waals surface area contributed by atoms with Crippen LogP contribution in [-0.2, 0) is 11.3 Å². The first-order valence-electron chi connectivity index (χ1n) is 13.9. The average molecular weight is 600 g/mol. The topological polar surface area (TPSA) is 45.2 Å². The van der Waals surface area contributed by atoms with Gasteiger partial charge in [-0.3, -0.25) is 0 Å². The Bertz CT molecular complexity index is 792. The van der Waals surface area contributed by atoms with Crippen LogP contribution >= 0.6 is 0 Å². The van der Waals surface area contributed by atoms with Crippen molar-refractivity contribution in [2.75, 3.05) is 0 Å². The van der Waals surface area contributed by atoms with Crippen LogP contribution in [0.3, 0.4) is 0 Å². The van der Waals surface area contributed by atoms with Gasteiger partial charge in [0.1, 0.15) is 0 Å². The first kappa shape index (κ1) is 30.5. The van der Waals surface area contributed by atoms with E-state index < -0.39 is 30.6 Å². The van der Waals surface area contributed by atoms with E-state index in [1.807, 2.05) is 38.7 Å². The number of likely N-dealkylation sites (tertiary alicyclic amines) is 1. The fourth-order valence-corrected chi connectivity index (χ4v) is 22.1. The Balaban J connectivity index is 2.27. The molecule has 0 spiro atoms. The van der Waals surface area contributed by atoms with Gasteiger partial charge in [0.05, 0.1) is 0 Å². The van der Waals surface area contributed by atoms with E-state index in [4.69, 9.17) is 0 Å². The summed E-state index contributed by atoms with van der Waals surface area (Å²) in [5.74, 6) is -0.319. The third-order valence-corrected chi connectivity index (χ3v) is 23.4. The molecule has 1 aromatic heterocycles. The van der Waals surface area contributed by atoms with Crippen molar-refractivity contribution < 1.29 is 13.6 Å². The zero-order chi connectivity index (χ0) is 26.2. The van der Waals surface area contributed by atoms with E-state index in [0.29, 0.717) is 5.69 Å². The van der Waals surface area contributed by atoms with Gasteiger partial charge in [-0.1, -0.05) is 0 Å². The standard InChI is InChI=1S/C16H22F2N3O.3C4H9.Sn/c1-10-13(18)7-14(21(10)16(2,3)4)15(22)20-9-12-6-5-11(17)8-19-12;3*1-3-4-2;/h6,8,10,13-14H,7,9H2,1-4H3,(H,20,22);3*1,3-4H2,2H3;/t10-,13+,14-;;;;/m0..../s1. The van der Waals surface area contributed by atoms with Crippen molar-refractivity contribution in [2.45, 2.75) is 137 Å². The Morgan fingerprint density at radius 1 is 1.11 bits per heavy atom. The molecular weight excluding hydrogens is 551 g/mol. The normalized spacial score (nSPS) is 21.5. The average Bonchev–Trinajstić information content (AvgIpc) is 3.13. The second kappa shape index (κ2) is 13.7. The number of carbonyl (C=O) groups is 1. The molecule has 1 amide bonds. The molecule has 200 valence electrons. The van der Waals surface area contributed by atoms with Crippen molar-refractivity contribution in [3.05, 3.63) is 23.8 Å². The van der Waals surface area contributed by atoms with Gasteiger partial charge < -0.3 is 0 Å². The van der Waals surface area contributed by atoms with Crippen LogP contribution in [0.4, 0.5) is 8.78 Å². The van der Waals surface area contributed by atoms with E-state index in [0.717, 1.165) is 42.1 Å². The molecule has 7 heteroatoms.